The summed E-state index contributed by atoms with van der Waals surface area (Å²) in [6.07, 6.45) is -4.41. The molecule has 1 heterocycles. The van der Waals surface area contributed by atoms with Crippen LogP contribution >= 0.6 is 11.3 Å². The number of thiazole rings is 1. The van der Waals surface area contributed by atoms with E-state index in [0.29, 0.717) is 32.5 Å². The lowest BCUT2D eigenvalue weighted by atomic mass is 10.1. The van der Waals surface area contributed by atoms with Crippen LogP contribution in [0.5, 0.6) is 0 Å². The molecule has 168 valence electrons. The third-order valence-corrected chi connectivity index (χ3v) is 5.94. The Kier molecular flexibility index (Phi) is 6.68. The molecule has 0 unspecified atom stereocenters. The fourth-order valence-corrected chi connectivity index (χ4v) is 3.80. The van der Waals surface area contributed by atoms with Gasteiger partial charge in [-0.15, -0.1) is 11.3 Å². The lowest BCUT2D eigenvalue weighted by Gasteiger charge is -2.12. The molecule has 9 heteroatoms. The van der Waals surface area contributed by atoms with E-state index >= 15 is 0 Å². The summed E-state index contributed by atoms with van der Waals surface area (Å²) in [6.45, 7) is 7.07. The van der Waals surface area contributed by atoms with Gasteiger partial charge in [0, 0.05) is 22.9 Å². The van der Waals surface area contributed by atoms with Crippen LogP contribution in [0.25, 0.3) is 10.6 Å². The largest absolute Gasteiger partial charge is 0.416 e. The predicted octanol–water partition coefficient (Wildman–Crippen LogP) is 6.29. The molecule has 0 aliphatic rings. The van der Waals surface area contributed by atoms with Crippen LogP contribution in [0.15, 0.2) is 42.5 Å². The van der Waals surface area contributed by atoms with Crippen LogP contribution in [0.1, 0.15) is 40.3 Å². The first-order valence-electron chi connectivity index (χ1n) is 9.83. The van der Waals surface area contributed by atoms with Crippen molar-refractivity contribution >= 4 is 34.5 Å². The molecule has 5 nitrogen and oxygen atoms in total. The lowest BCUT2D eigenvalue weighted by Crippen LogP contribution is -2.18. The molecule has 2 N–H and O–H groups in total. The Hall–Kier alpha value is -3.20. The number of carbonyl (C=O) groups excluding carboxylic acids is 2. The number of amides is 2. The lowest BCUT2D eigenvalue weighted by molar-refractivity contribution is -0.137. The number of hydrogen-bond donors (Lipinski definition) is 2. The number of benzene rings is 2. The van der Waals surface area contributed by atoms with Crippen LogP contribution in [0.3, 0.4) is 0 Å². The van der Waals surface area contributed by atoms with Gasteiger partial charge in [0.25, 0.3) is 5.91 Å². The van der Waals surface area contributed by atoms with Crippen molar-refractivity contribution in [3.63, 3.8) is 0 Å². The van der Waals surface area contributed by atoms with Gasteiger partial charge >= 0.3 is 6.18 Å². The van der Waals surface area contributed by atoms with E-state index in [9.17, 15) is 22.8 Å². The number of nitrogens with one attached hydrogen (secondary N) is 2. The van der Waals surface area contributed by atoms with Gasteiger partial charge in [-0.25, -0.2) is 4.98 Å². The standard InChI is InChI=1S/C23H22F3N3O2S/c1-12(2)20(30)28-17-10-5-13(3)18(11-17)29-21(31)19-14(4)27-22(32-19)15-6-8-16(9-7-15)23(24,25)26/h5-12H,1-4H3,(H,28,30)(H,29,31). The molecule has 0 aliphatic carbocycles. The Bertz CT molecular complexity index is 1150. The third kappa shape index (κ3) is 5.34. The van der Waals surface area contributed by atoms with Gasteiger partial charge in [-0.05, 0) is 43.7 Å². The van der Waals surface area contributed by atoms with Crippen molar-refractivity contribution in [2.75, 3.05) is 10.6 Å². The zero-order valence-electron chi connectivity index (χ0n) is 17.9. The molecule has 0 radical (unpaired) electrons. The normalized spacial score (nSPS) is 11.5. The number of nitrogens with zero attached hydrogens (tertiary/aromatic N) is 1. The van der Waals surface area contributed by atoms with Gasteiger partial charge in [-0.1, -0.05) is 32.0 Å². The van der Waals surface area contributed by atoms with E-state index in [1.165, 1.54) is 12.1 Å². The highest BCUT2D eigenvalue weighted by Crippen LogP contribution is 2.33. The van der Waals surface area contributed by atoms with Crippen molar-refractivity contribution in [3.05, 3.63) is 64.2 Å². The number of hydrogen-bond acceptors (Lipinski definition) is 4. The van der Waals surface area contributed by atoms with Crippen molar-refractivity contribution < 1.29 is 22.8 Å². The Balaban J connectivity index is 1.81. The Morgan fingerprint density at radius 3 is 2.25 bits per heavy atom. The fraction of sp³-hybridized carbons (Fsp3) is 0.261. The minimum absolute atomic E-state index is 0.134. The van der Waals surface area contributed by atoms with E-state index < -0.39 is 11.7 Å². The Morgan fingerprint density at radius 1 is 1.00 bits per heavy atom. The van der Waals surface area contributed by atoms with Gasteiger partial charge in [-0.2, -0.15) is 13.2 Å². The molecule has 0 saturated heterocycles. The SMILES string of the molecule is Cc1ccc(NC(=O)C(C)C)cc1NC(=O)c1sc(-c2ccc(C(F)(F)F)cc2)nc1C. The van der Waals surface area contributed by atoms with E-state index in [4.69, 9.17) is 0 Å². The Labute approximate surface area is 187 Å². The van der Waals surface area contributed by atoms with Gasteiger partial charge in [0.05, 0.1) is 11.3 Å². The molecule has 2 amide bonds. The smallest absolute Gasteiger partial charge is 0.326 e. The number of anilines is 2. The highest BCUT2D eigenvalue weighted by atomic mass is 32.1. The molecule has 0 aliphatic heterocycles. The summed E-state index contributed by atoms with van der Waals surface area (Å²) in [5.74, 6) is -0.697. The summed E-state index contributed by atoms with van der Waals surface area (Å²) in [4.78, 5) is 29.5. The fourth-order valence-electron chi connectivity index (χ4n) is 2.83. The predicted molar refractivity (Wildman–Crippen MR) is 120 cm³/mol. The maximum absolute atomic E-state index is 12.9. The van der Waals surface area contributed by atoms with Gasteiger partial charge < -0.3 is 10.6 Å². The summed E-state index contributed by atoms with van der Waals surface area (Å²) in [6, 6.07) is 9.89. The summed E-state index contributed by atoms with van der Waals surface area (Å²) in [5.41, 5.74) is 2.15. The van der Waals surface area contributed by atoms with Crippen LogP contribution in [0.4, 0.5) is 24.5 Å². The maximum atomic E-state index is 12.9. The van der Waals surface area contributed by atoms with E-state index in [0.717, 1.165) is 29.0 Å². The third-order valence-electron chi connectivity index (χ3n) is 4.74. The van der Waals surface area contributed by atoms with Crippen LogP contribution in [0.2, 0.25) is 0 Å². The second-order valence-electron chi connectivity index (χ2n) is 7.64. The van der Waals surface area contributed by atoms with Gasteiger partial charge in [0.1, 0.15) is 9.88 Å². The van der Waals surface area contributed by atoms with Crippen molar-refractivity contribution in [2.45, 2.75) is 33.9 Å². The highest BCUT2D eigenvalue weighted by molar-refractivity contribution is 7.17. The average Bonchev–Trinajstić information content (AvgIpc) is 3.11. The molecule has 32 heavy (non-hydrogen) atoms. The summed E-state index contributed by atoms with van der Waals surface area (Å²) in [7, 11) is 0. The number of carbonyl (C=O) groups is 2. The number of aromatic nitrogens is 1. The summed E-state index contributed by atoms with van der Waals surface area (Å²) < 4.78 is 38.4. The van der Waals surface area contributed by atoms with Crippen LogP contribution < -0.4 is 10.6 Å². The number of alkyl halides is 3. The zero-order chi connectivity index (χ0) is 23.6. The summed E-state index contributed by atoms with van der Waals surface area (Å²) >= 11 is 1.10. The van der Waals surface area contributed by atoms with Crippen molar-refractivity contribution in [1.29, 1.82) is 0 Å². The van der Waals surface area contributed by atoms with E-state index in [2.05, 4.69) is 15.6 Å². The zero-order valence-corrected chi connectivity index (χ0v) is 18.7. The first kappa shape index (κ1) is 23.5. The topological polar surface area (TPSA) is 71.1 Å². The molecule has 3 rings (SSSR count). The van der Waals surface area contributed by atoms with E-state index in [1.807, 2.05) is 6.92 Å². The second kappa shape index (κ2) is 9.12. The maximum Gasteiger partial charge on any atom is 0.416 e. The monoisotopic (exact) mass is 461 g/mol. The molecule has 1 aromatic heterocycles. The van der Waals surface area contributed by atoms with Crippen LogP contribution in [-0.4, -0.2) is 16.8 Å². The van der Waals surface area contributed by atoms with Gasteiger partial charge in [0.15, 0.2) is 0 Å². The average molecular weight is 462 g/mol. The van der Waals surface area contributed by atoms with Gasteiger partial charge in [0.2, 0.25) is 5.91 Å². The van der Waals surface area contributed by atoms with E-state index in [1.54, 1.807) is 39.0 Å². The minimum Gasteiger partial charge on any atom is -0.326 e. The molecule has 2 aromatic carbocycles. The van der Waals surface area contributed by atoms with Crippen LogP contribution in [0, 0.1) is 19.8 Å². The van der Waals surface area contributed by atoms with E-state index in [-0.39, 0.29) is 17.7 Å². The minimum atomic E-state index is -4.41. The molecule has 0 atom stereocenters. The first-order valence-corrected chi connectivity index (χ1v) is 10.6. The first-order chi connectivity index (χ1) is 15.0. The highest BCUT2D eigenvalue weighted by Gasteiger charge is 2.30. The summed E-state index contributed by atoms with van der Waals surface area (Å²) in [5, 5.41) is 6.08. The quantitative estimate of drug-likeness (QED) is 0.469. The van der Waals surface area contributed by atoms with Crippen molar-refractivity contribution in [3.8, 4) is 10.6 Å². The molecule has 0 fully saturated rings. The molecule has 0 spiro atoms. The molecule has 3 aromatic rings. The number of halogens is 3. The Morgan fingerprint density at radius 2 is 1.66 bits per heavy atom. The van der Waals surface area contributed by atoms with Gasteiger partial charge in [-0.3, -0.25) is 9.59 Å². The molecular formula is C23H22F3N3O2S. The molecular weight excluding hydrogens is 439 g/mol. The van der Waals surface area contributed by atoms with Crippen LogP contribution in [-0.2, 0) is 11.0 Å². The number of rotatable bonds is 5. The number of aryl methyl sites for hydroxylation is 2. The van der Waals surface area contributed by atoms with Crippen molar-refractivity contribution in [1.82, 2.24) is 4.98 Å². The van der Waals surface area contributed by atoms with Crippen molar-refractivity contribution in [2.24, 2.45) is 5.92 Å². The molecule has 0 bridgehead atoms. The molecule has 0 saturated carbocycles. The second-order valence-corrected chi connectivity index (χ2v) is 8.64.